The highest BCUT2D eigenvalue weighted by Gasteiger charge is 1.80. The van der Waals surface area contributed by atoms with Crippen molar-refractivity contribution in [3.8, 4) is 0 Å². The molecule has 1 N–H and O–H groups in total. The highest BCUT2D eigenvalue weighted by molar-refractivity contribution is 4.35. The minimum Gasteiger partial charge on any atom is -0.320 e. The highest BCUT2D eigenvalue weighted by atomic mass is 15.0. The van der Waals surface area contributed by atoms with Gasteiger partial charge in [0.25, 0.3) is 0 Å². The van der Waals surface area contributed by atoms with Gasteiger partial charge in [-0.3, -0.25) is 0 Å². The van der Waals surface area contributed by atoms with E-state index in [-0.39, 0.29) is 0 Å². The van der Waals surface area contributed by atoms with Gasteiger partial charge in [0.2, 0.25) is 0 Å². The zero-order chi connectivity index (χ0) is 14.1. The van der Waals surface area contributed by atoms with Crippen molar-refractivity contribution >= 4 is 0 Å². The Bertz CT molecular complexity index is 91.6. The largest absolute Gasteiger partial charge is 0.320 e. The quantitative estimate of drug-likeness (QED) is 0.778. The summed E-state index contributed by atoms with van der Waals surface area (Å²) in [4.78, 5) is 4.36. The van der Waals surface area contributed by atoms with Crippen LogP contribution in [0.1, 0.15) is 40.0 Å². The maximum atomic E-state index is 3.02. The van der Waals surface area contributed by atoms with Crippen LogP contribution in [-0.2, 0) is 0 Å². The first-order valence-corrected chi connectivity index (χ1v) is 6.90. The van der Waals surface area contributed by atoms with Gasteiger partial charge in [0.05, 0.1) is 0 Å². The maximum Gasteiger partial charge on any atom is -0.00275 e. The Kier molecular flexibility index (Phi) is 27.5. The molecule has 0 fully saturated rings. The zero-order valence-electron chi connectivity index (χ0n) is 13.6. The third-order valence-corrected chi connectivity index (χ3v) is 1.84. The molecule has 0 rings (SSSR count). The fourth-order valence-electron chi connectivity index (χ4n) is 1.14. The second kappa shape index (κ2) is 21.2. The van der Waals surface area contributed by atoms with E-state index in [4.69, 9.17) is 0 Å². The lowest BCUT2D eigenvalue weighted by molar-refractivity contribution is 0.408. The molecule has 0 aromatic heterocycles. The van der Waals surface area contributed by atoms with Crippen LogP contribution in [0, 0.1) is 0 Å². The van der Waals surface area contributed by atoms with E-state index < -0.39 is 0 Å². The first-order valence-electron chi connectivity index (χ1n) is 6.90. The van der Waals surface area contributed by atoms with Crippen LogP contribution in [0.5, 0.6) is 0 Å². The zero-order valence-corrected chi connectivity index (χ0v) is 13.6. The Labute approximate surface area is 111 Å². The first kappa shape index (κ1) is 22.1. The monoisotopic (exact) mass is 247 g/mol. The summed E-state index contributed by atoms with van der Waals surface area (Å²) in [5.41, 5.74) is 0. The molecule has 0 aliphatic rings. The summed E-state index contributed by atoms with van der Waals surface area (Å²) in [6.07, 6.45) is 3.75. The summed E-state index contributed by atoms with van der Waals surface area (Å²) in [5, 5.41) is 3.02. The average Bonchev–Trinajstić information content (AvgIpc) is 2.20. The van der Waals surface area contributed by atoms with Crippen LogP contribution in [-0.4, -0.2) is 64.7 Å². The SMILES string of the molecule is CCCN(C)C.CCCN(C)C.CCCNC. The summed E-state index contributed by atoms with van der Waals surface area (Å²) < 4.78 is 0. The molecule has 0 bridgehead atoms. The molecule has 108 valence electrons. The van der Waals surface area contributed by atoms with E-state index in [9.17, 15) is 0 Å². The van der Waals surface area contributed by atoms with E-state index in [0.29, 0.717) is 0 Å². The molecule has 3 heteroatoms. The van der Waals surface area contributed by atoms with Crippen molar-refractivity contribution in [1.29, 1.82) is 0 Å². The standard InChI is InChI=1S/2C5H13N.C4H11N/c2*1-4-5-6(2)3;1-3-4-5-2/h2*4-5H2,1-3H3;5H,3-4H2,1-2H3. The summed E-state index contributed by atoms with van der Waals surface area (Å²) in [7, 11) is 10.3. The lowest BCUT2D eigenvalue weighted by Crippen LogP contribution is -2.11. The Morgan fingerprint density at radius 1 is 0.706 bits per heavy atom. The van der Waals surface area contributed by atoms with Crippen LogP contribution in [0.3, 0.4) is 0 Å². The molecule has 0 aliphatic carbocycles. The van der Waals surface area contributed by atoms with Crippen LogP contribution in [0.2, 0.25) is 0 Å². The molecule has 0 saturated carbocycles. The van der Waals surface area contributed by atoms with E-state index in [1.54, 1.807) is 0 Å². The molecular formula is C14H37N3. The predicted octanol–water partition coefficient (Wildman–Crippen LogP) is 2.53. The molecule has 0 radical (unpaired) electrons. The van der Waals surface area contributed by atoms with Crippen molar-refractivity contribution in [3.05, 3.63) is 0 Å². The maximum absolute atomic E-state index is 3.02. The second-order valence-corrected chi connectivity index (χ2v) is 4.71. The number of hydrogen-bond donors (Lipinski definition) is 1. The van der Waals surface area contributed by atoms with E-state index in [1.807, 2.05) is 7.05 Å². The molecule has 0 saturated heterocycles. The van der Waals surface area contributed by atoms with Crippen LogP contribution in [0.4, 0.5) is 0 Å². The van der Waals surface area contributed by atoms with Gasteiger partial charge in [-0.05, 0) is 74.1 Å². The fraction of sp³-hybridized carbons (Fsp3) is 1.00. The Balaban J connectivity index is -0.000000174. The lowest BCUT2D eigenvalue weighted by Gasteiger charge is -2.03. The van der Waals surface area contributed by atoms with Gasteiger partial charge in [0.1, 0.15) is 0 Å². The highest BCUT2D eigenvalue weighted by Crippen LogP contribution is 1.76. The van der Waals surface area contributed by atoms with Crippen molar-refractivity contribution in [1.82, 2.24) is 15.1 Å². The van der Waals surface area contributed by atoms with E-state index in [2.05, 4.69) is 64.1 Å². The van der Waals surface area contributed by atoms with Gasteiger partial charge in [-0.15, -0.1) is 0 Å². The summed E-state index contributed by atoms with van der Waals surface area (Å²) in [5.74, 6) is 0. The molecule has 0 amide bonds. The first-order chi connectivity index (χ1) is 7.95. The fourth-order valence-corrected chi connectivity index (χ4v) is 1.14. The normalized spacial score (nSPS) is 9.53. The molecule has 0 aliphatic heterocycles. The van der Waals surface area contributed by atoms with E-state index in [0.717, 1.165) is 6.54 Å². The minimum atomic E-state index is 1.14. The van der Waals surface area contributed by atoms with Crippen LogP contribution in [0.15, 0.2) is 0 Å². The van der Waals surface area contributed by atoms with Crippen LogP contribution >= 0.6 is 0 Å². The molecule has 0 spiro atoms. The van der Waals surface area contributed by atoms with Gasteiger partial charge in [-0.25, -0.2) is 0 Å². The number of nitrogens with one attached hydrogen (secondary N) is 1. The van der Waals surface area contributed by atoms with Crippen molar-refractivity contribution in [3.63, 3.8) is 0 Å². The van der Waals surface area contributed by atoms with Crippen molar-refractivity contribution < 1.29 is 0 Å². The van der Waals surface area contributed by atoms with Crippen LogP contribution < -0.4 is 5.32 Å². The summed E-state index contributed by atoms with van der Waals surface area (Å²) in [6, 6.07) is 0. The van der Waals surface area contributed by atoms with Crippen molar-refractivity contribution in [2.45, 2.75) is 40.0 Å². The third-order valence-electron chi connectivity index (χ3n) is 1.84. The van der Waals surface area contributed by atoms with Crippen molar-refractivity contribution in [2.24, 2.45) is 0 Å². The topological polar surface area (TPSA) is 18.5 Å². The van der Waals surface area contributed by atoms with Gasteiger partial charge < -0.3 is 15.1 Å². The van der Waals surface area contributed by atoms with Gasteiger partial charge in [-0.1, -0.05) is 20.8 Å². The molecule has 0 heterocycles. The second-order valence-electron chi connectivity index (χ2n) is 4.71. The predicted molar refractivity (Wildman–Crippen MR) is 81.9 cm³/mol. The third kappa shape index (κ3) is 49.3. The van der Waals surface area contributed by atoms with Gasteiger partial charge in [0.15, 0.2) is 0 Å². The smallest absolute Gasteiger partial charge is 0.00275 e. The molecule has 0 aromatic rings. The lowest BCUT2D eigenvalue weighted by atomic mass is 10.5. The Morgan fingerprint density at radius 3 is 1.06 bits per heavy atom. The molecular weight excluding hydrogens is 210 g/mol. The minimum absolute atomic E-state index is 1.14. The van der Waals surface area contributed by atoms with Crippen molar-refractivity contribution in [2.75, 3.05) is 54.9 Å². The van der Waals surface area contributed by atoms with Gasteiger partial charge in [-0.2, -0.15) is 0 Å². The Morgan fingerprint density at radius 2 is 1.06 bits per heavy atom. The number of rotatable bonds is 6. The van der Waals surface area contributed by atoms with E-state index in [1.165, 1.54) is 32.4 Å². The average molecular weight is 247 g/mol. The molecule has 17 heavy (non-hydrogen) atoms. The number of nitrogens with zero attached hydrogens (tertiary/aromatic N) is 2. The van der Waals surface area contributed by atoms with Gasteiger partial charge in [0, 0.05) is 0 Å². The molecule has 0 unspecified atom stereocenters. The Hall–Kier alpha value is -0.120. The number of hydrogen-bond acceptors (Lipinski definition) is 3. The van der Waals surface area contributed by atoms with Gasteiger partial charge >= 0.3 is 0 Å². The summed E-state index contributed by atoms with van der Waals surface area (Å²) in [6.45, 7) is 10.1. The summed E-state index contributed by atoms with van der Waals surface area (Å²) >= 11 is 0. The van der Waals surface area contributed by atoms with Crippen LogP contribution in [0.25, 0.3) is 0 Å². The molecule has 3 nitrogen and oxygen atoms in total. The van der Waals surface area contributed by atoms with E-state index >= 15 is 0 Å². The molecule has 0 aromatic carbocycles. The molecule has 0 atom stereocenters.